The Kier molecular flexibility index (Phi) is 5.01. The molecule has 3 nitrogen and oxygen atoms in total. The molecule has 3 N–H and O–H groups in total. The van der Waals surface area contributed by atoms with Gasteiger partial charge in [0.25, 0.3) is 5.91 Å². The normalized spacial score (nSPS) is 12.2. The first-order valence-corrected chi connectivity index (χ1v) is 6.21. The molecule has 0 saturated carbocycles. The predicted octanol–water partition coefficient (Wildman–Crippen LogP) is 2.89. The van der Waals surface area contributed by atoms with Crippen LogP contribution in [0.5, 0.6) is 0 Å². The van der Waals surface area contributed by atoms with E-state index in [2.05, 4.69) is 12.2 Å². The smallest absolute Gasteiger partial charge is 0.251 e. The molecule has 0 bridgehead atoms. The van der Waals surface area contributed by atoms with Crippen LogP contribution in [0.4, 0.5) is 5.69 Å². The number of carbonyl (C=O) groups is 1. The first kappa shape index (κ1) is 13.6. The van der Waals surface area contributed by atoms with E-state index < -0.39 is 0 Å². The monoisotopic (exact) mass is 234 g/mol. The van der Waals surface area contributed by atoms with E-state index >= 15 is 0 Å². The third-order valence-corrected chi connectivity index (χ3v) is 2.73. The van der Waals surface area contributed by atoms with Crippen molar-refractivity contribution in [3.63, 3.8) is 0 Å². The van der Waals surface area contributed by atoms with E-state index in [0.29, 0.717) is 11.3 Å². The highest BCUT2D eigenvalue weighted by atomic mass is 16.1. The molecule has 0 spiro atoms. The fourth-order valence-corrected chi connectivity index (χ4v) is 1.83. The van der Waals surface area contributed by atoms with E-state index in [1.165, 1.54) is 0 Å². The minimum absolute atomic E-state index is 0.0380. The Morgan fingerprint density at radius 3 is 2.71 bits per heavy atom. The van der Waals surface area contributed by atoms with Gasteiger partial charge < -0.3 is 11.1 Å². The van der Waals surface area contributed by atoms with Crippen LogP contribution in [0, 0.1) is 6.92 Å². The fraction of sp³-hybridized carbons (Fsp3) is 0.500. The van der Waals surface area contributed by atoms with Crippen LogP contribution in [0.15, 0.2) is 18.2 Å². The van der Waals surface area contributed by atoms with Gasteiger partial charge in [0.05, 0.1) is 0 Å². The number of rotatable bonds is 5. The Bertz CT molecular complexity index is 368. The number of amides is 1. The summed E-state index contributed by atoms with van der Waals surface area (Å²) in [6.45, 7) is 6.12. The van der Waals surface area contributed by atoms with Crippen molar-refractivity contribution in [1.82, 2.24) is 5.32 Å². The van der Waals surface area contributed by atoms with Gasteiger partial charge in [-0.25, -0.2) is 0 Å². The molecular weight excluding hydrogens is 212 g/mol. The summed E-state index contributed by atoms with van der Waals surface area (Å²) in [5.74, 6) is -0.0380. The highest BCUT2D eigenvalue weighted by molar-refractivity contribution is 5.95. The molecule has 17 heavy (non-hydrogen) atoms. The Morgan fingerprint density at radius 2 is 2.12 bits per heavy atom. The first-order chi connectivity index (χ1) is 8.02. The Balaban J connectivity index is 2.63. The van der Waals surface area contributed by atoms with Gasteiger partial charge in [0.2, 0.25) is 0 Å². The second-order valence-electron chi connectivity index (χ2n) is 4.65. The third kappa shape index (κ3) is 4.47. The number of hydrogen-bond acceptors (Lipinski definition) is 2. The first-order valence-electron chi connectivity index (χ1n) is 6.21. The van der Waals surface area contributed by atoms with Crippen molar-refractivity contribution in [1.29, 1.82) is 0 Å². The number of hydrogen-bond donors (Lipinski definition) is 2. The molecule has 0 aliphatic rings. The lowest BCUT2D eigenvalue weighted by Gasteiger charge is -2.13. The zero-order chi connectivity index (χ0) is 12.8. The maximum absolute atomic E-state index is 12.0. The molecule has 0 saturated heterocycles. The van der Waals surface area contributed by atoms with Crippen LogP contribution in [0.25, 0.3) is 0 Å². The van der Waals surface area contributed by atoms with Gasteiger partial charge in [0.15, 0.2) is 0 Å². The molecular formula is C14H22N2O. The average Bonchev–Trinajstić information content (AvgIpc) is 2.25. The minimum atomic E-state index is -0.0380. The molecule has 0 aliphatic carbocycles. The van der Waals surface area contributed by atoms with Gasteiger partial charge in [-0.15, -0.1) is 0 Å². The fourth-order valence-electron chi connectivity index (χ4n) is 1.83. The van der Waals surface area contributed by atoms with Gasteiger partial charge in [0.1, 0.15) is 0 Å². The van der Waals surface area contributed by atoms with Gasteiger partial charge in [-0.05, 0) is 44.0 Å². The van der Waals surface area contributed by atoms with Crippen LogP contribution < -0.4 is 11.1 Å². The lowest BCUT2D eigenvalue weighted by Crippen LogP contribution is -2.32. The molecule has 1 rings (SSSR count). The summed E-state index contributed by atoms with van der Waals surface area (Å²) in [6, 6.07) is 5.65. The molecule has 0 aliphatic heterocycles. The van der Waals surface area contributed by atoms with E-state index in [1.54, 1.807) is 6.07 Å². The highest BCUT2D eigenvalue weighted by Crippen LogP contribution is 2.11. The lowest BCUT2D eigenvalue weighted by molar-refractivity contribution is 0.0938. The van der Waals surface area contributed by atoms with E-state index in [9.17, 15) is 4.79 Å². The molecule has 0 heterocycles. The summed E-state index contributed by atoms with van der Waals surface area (Å²) in [6.07, 6.45) is 3.30. The van der Waals surface area contributed by atoms with Crippen LogP contribution in [0.2, 0.25) is 0 Å². The molecule has 94 valence electrons. The van der Waals surface area contributed by atoms with Gasteiger partial charge in [-0.2, -0.15) is 0 Å². The Labute approximate surface area is 103 Å². The van der Waals surface area contributed by atoms with Gasteiger partial charge in [0, 0.05) is 17.3 Å². The SMILES string of the molecule is CCCCC(C)NC(=O)c1cc(C)cc(N)c1. The highest BCUT2D eigenvalue weighted by Gasteiger charge is 2.10. The quantitative estimate of drug-likeness (QED) is 0.770. The largest absolute Gasteiger partial charge is 0.399 e. The Morgan fingerprint density at radius 1 is 1.41 bits per heavy atom. The average molecular weight is 234 g/mol. The lowest BCUT2D eigenvalue weighted by atomic mass is 10.1. The number of nitrogens with one attached hydrogen (secondary N) is 1. The molecule has 1 amide bonds. The number of aryl methyl sites for hydroxylation is 1. The number of benzene rings is 1. The standard InChI is InChI=1S/C14H22N2O/c1-4-5-6-11(3)16-14(17)12-7-10(2)8-13(15)9-12/h7-9,11H,4-6,15H2,1-3H3,(H,16,17). The van der Waals surface area contributed by atoms with Gasteiger partial charge >= 0.3 is 0 Å². The molecule has 1 unspecified atom stereocenters. The molecule has 1 atom stereocenters. The van der Waals surface area contributed by atoms with Crippen LogP contribution in [0.1, 0.15) is 49.0 Å². The van der Waals surface area contributed by atoms with Crippen molar-refractivity contribution in [2.45, 2.75) is 46.1 Å². The summed E-state index contributed by atoms with van der Waals surface area (Å²) < 4.78 is 0. The van der Waals surface area contributed by atoms with E-state index in [-0.39, 0.29) is 11.9 Å². The molecule has 0 radical (unpaired) electrons. The summed E-state index contributed by atoms with van der Waals surface area (Å²) >= 11 is 0. The van der Waals surface area contributed by atoms with E-state index in [0.717, 1.165) is 24.8 Å². The second-order valence-corrected chi connectivity index (χ2v) is 4.65. The van der Waals surface area contributed by atoms with Crippen molar-refractivity contribution in [3.05, 3.63) is 29.3 Å². The zero-order valence-corrected chi connectivity index (χ0v) is 10.9. The van der Waals surface area contributed by atoms with E-state index in [4.69, 9.17) is 5.73 Å². The number of unbranched alkanes of at least 4 members (excludes halogenated alkanes) is 1. The summed E-state index contributed by atoms with van der Waals surface area (Å²) in [4.78, 5) is 12.0. The number of nitrogens with two attached hydrogens (primary N) is 1. The number of carbonyl (C=O) groups excluding carboxylic acids is 1. The summed E-state index contributed by atoms with van der Waals surface area (Å²) in [5, 5.41) is 2.99. The van der Waals surface area contributed by atoms with Crippen molar-refractivity contribution >= 4 is 11.6 Å². The van der Waals surface area contributed by atoms with Crippen molar-refractivity contribution in [2.75, 3.05) is 5.73 Å². The minimum Gasteiger partial charge on any atom is -0.399 e. The maximum atomic E-state index is 12.0. The second kappa shape index (κ2) is 6.28. The molecule has 0 fully saturated rings. The van der Waals surface area contributed by atoms with Gasteiger partial charge in [-0.1, -0.05) is 19.8 Å². The van der Waals surface area contributed by atoms with Gasteiger partial charge in [-0.3, -0.25) is 4.79 Å². The van der Waals surface area contributed by atoms with Crippen molar-refractivity contribution in [2.24, 2.45) is 0 Å². The summed E-state index contributed by atoms with van der Waals surface area (Å²) in [5.41, 5.74) is 8.02. The van der Waals surface area contributed by atoms with Crippen LogP contribution >= 0.6 is 0 Å². The molecule has 0 aromatic heterocycles. The maximum Gasteiger partial charge on any atom is 0.251 e. The van der Waals surface area contributed by atoms with Crippen LogP contribution in [-0.4, -0.2) is 11.9 Å². The predicted molar refractivity (Wildman–Crippen MR) is 72.0 cm³/mol. The van der Waals surface area contributed by atoms with Crippen molar-refractivity contribution in [3.8, 4) is 0 Å². The zero-order valence-electron chi connectivity index (χ0n) is 10.9. The molecule has 1 aromatic carbocycles. The molecule has 1 aromatic rings. The van der Waals surface area contributed by atoms with Crippen LogP contribution in [0.3, 0.4) is 0 Å². The Hall–Kier alpha value is -1.51. The van der Waals surface area contributed by atoms with Crippen LogP contribution in [-0.2, 0) is 0 Å². The topological polar surface area (TPSA) is 55.1 Å². The molecule has 3 heteroatoms. The number of nitrogen functional groups attached to an aromatic ring is 1. The third-order valence-electron chi connectivity index (χ3n) is 2.73. The van der Waals surface area contributed by atoms with Crippen molar-refractivity contribution < 1.29 is 4.79 Å². The summed E-state index contributed by atoms with van der Waals surface area (Å²) in [7, 11) is 0. The number of anilines is 1. The van der Waals surface area contributed by atoms with E-state index in [1.807, 2.05) is 26.0 Å².